The Kier molecular flexibility index (Phi) is 6.73. The van der Waals surface area contributed by atoms with Crippen LogP contribution in [-0.4, -0.2) is 38.5 Å². The summed E-state index contributed by atoms with van der Waals surface area (Å²) >= 11 is 0. The highest BCUT2D eigenvalue weighted by atomic mass is 16.7. The standard InChI is InChI=1S/C34H30N4O4/c1-2-33(28-19-18-27-31(35)36-23-37-38(27)28)32(40-21-25-14-8-4-9-15-25)34(41-22-26-16-10-5-11-17-26)29(30(34)42-33)39-20-24-12-6-3-7-13-24/h1,3-19,23,29-30,32H,20-22H2,(H2,35,36,37)/t29?,30-,32+,33+,34-/m1/s1. The van der Waals surface area contributed by atoms with Crippen LogP contribution in [0.2, 0.25) is 0 Å². The molecule has 1 aliphatic heterocycles. The minimum Gasteiger partial charge on any atom is -0.382 e. The lowest BCUT2D eigenvalue weighted by Gasteiger charge is -2.36. The van der Waals surface area contributed by atoms with Crippen LogP contribution < -0.4 is 5.73 Å². The maximum Gasteiger partial charge on any atom is 0.200 e. The fraction of sp³-hybridized carbons (Fsp3) is 0.235. The van der Waals surface area contributed by atoms with Gasteiger partial charge in [0.05, 0.1) is 25.5 Å². The average Bonchev–Trinajstić information content (AvgIpc) is 3.29. The molecule has 3 heterocycles. The summed E-state index contributed by atoms with van der Waals surface area (Å²) in [7, 11) is 0. The van der Waals surface area contributed by atoms with Gasteiger partial charge in [0.25, 0.3) is 0 Å². The molecule has 1 unspecified atom stereocenters. The van der Waals surface area contributed by atoms with Crippen LogP contribution in [0, 0.1) is 12.3 Å². The van der Waals surface area contributed by atoms with Gasteiger partial charge in [-0.2, -0.15) is 5.10 Å². The van der Waals surface area contributed by atoms with Gasteiger partial charge in [0.2, 0.25) is 0 Å². The Bertz CT molecular complexity index is 1720. The van der Waals surface area contributed by atoms with E-state index in [2.05, 4.69) is 16.0 Å². The molecular weight excluding hydrogens is 528 g/mol. The van der Waals surface area contributed by atoms with Crippen molar-refractivity contribution in [2.24, 2.45) is 0 Å². The first-order valence-electron chi connectivity index (χ1n) is 13.9. The molecule has 5 aromatic rings. The molecular formula is C34H30N4O4. The second-order valence-corrected chi connectivity index (χ2v) is 10.6. The maximum atomic E-state index is 6.83. The van der Waals surface area contributed by atoms with E-state index in [-0.39, 0.29) is 0 Å². The molecule has 1 aliphatic carbocycles. The van der Waals surface area contributed by atoms with Crippen LogP contribution in [0.5, 0.6) is 0 Å². The number of benzene rings is 3. The molecule has 42 heavy (non-hydrogen) atoms. The molecule has 2 aromatic heterocycles. The van der Waals surface area contributed by atoms with Crippen molar-refractivity contribution in [3.8, 4) is 12.3 Å². The van der Waals surface area contributed by atoms with Crippen molar-refractivity contribution >= 4 is 11.3 Å². The van der Waals surface area contributed by atoms with Gasteiger partial charge in [-0.15, -0.1) is 6.42 Å². The lowest BCUT2D eigenvalue weighted by molar-refractivity contribution is -0.166. The summed E-state index contributed by atoms with van der Waals surface area (Å²) in [6.45, 7) is 1.03. The van der Waals surface area contributed by atoms with E-state index in [0.717, 1.165) is 16.7 Å². The predicted molar refractivity (Wildman–Crippen MR) is 157 cm³/mol. The Morgan fingerprint density at radius 2 is 1.40 bits per heavy atom. The van der Waals surface area contributed by atoms with E-state index in [9.17, 15) is 0 Å². The summed E-state index contributed by atoms with van der Waals surface area (Å²) in [5, 5.41) is 4.47. The van der Waals surface area contributed by atoms with Gasteiger partial charge in [-0.25, -0.2) is 9.50 Å². The first kappa shape index (κ1) is 26.4. The molecule has 2 N–H and O–H groups in total. The largest absolute Gasteiger partial charge is 0.382 e. The number of nitrogens with zero attached hydrogens (tertiary/aromatic N) is 3. The fourth-order valence-corrected chi connectivity index (χ4v) is 5.97. The topological polar surface area (TPSA) is 93.1 Å². The van der Waals surface area contributed by atoms with E-state index in [1.54, 1.807) is 4.52 Å². The van der Waals surface area contributed by atoms with Gasteiger partial charge in [0.1, 0.15) is 30.2 Å². The Morgan fingerprint density at radius 1 is 0.810 bits per heavy atom. The lowest BCUT2D eigenvalue weighted by Crippen LogP contribution is -2.50. The number of nitrogen functional groups attached to an aromatic ring is 1. The summed E-state index contributed by atoms with van der Waals surface area (Å²) < 4.78 is 28.6. The van der Waals surface area contributed by atoms with Crippen molar-refractivity contribution < 1.29 is 18.9 Å². The minimum absolute atomic E-state index is 0.299. The molecule has 3 aromatic carbocycles. The second-order valence-electron chi connectivity index (χ2n) is 10.6. The smallest absolute Gasteiger partial charge is 0.200 e. The molecule has 8 heteroatoms. The van der Waals surface area contributed by atoms with E-state index in [1.165, 1.54) is 6.33 Å². The van der Waals surface area contributed by atoms with Crippen LogP contribution in [0.1, 0.15) is 22.4 Å². The van der Waals surface area contributed by atoms with E-state index < -0.39 is 29.5 Å². The second kappa shape index (κ2) is 10.7. The third-order valence-corrected chi connectivity index (χ3v) is 8.09. The molecule has 2 aliphatic rings. The first-order chi connectivity index (χ1) is 20.7. The SMILES string of the molecule is C#C[C@@]1(c2ccc3c(N)ncnn23)O[C@@H]2C(OCc3ccccc3)[C@]2(OCc2ccccc2)[C@H]1OCc1ccccc1. The van der Waals surface area contributed by atoms with Crippen LogP contribution >= 0.6 is 0 Å². The van der Waals surface area contributed by atoms with Crippen LogP contribution in [-0.2, 0) is 44.4 Å². The monoisotopic (exact) mass is 558 g/mol. The van der Waals surface area contributed by atoms with Crippen molar-refractivity contribution in [2.75, 3.05) is 5.73 Å². The van der Waals surface area contributed by atoms with Gasteiger partial charge in [0.15, 0.2) is 17.0 Å². The third kappa shape index (κ3) is 4.35. The number of hydrogen-bond acceptors (Lipinski definition) is 7. The van der Waals surface area contributed by atoms with E-state index in [0.29, 0.717) is 36.8 Å². The van der Waals surface area contributed by atoms with Crippen molar-refractivity contribution in [1.29, 1.82) is 0 Å². The number of hydrogen-bond donors (Lipinski definition) is 1. The summed E-state index contributed by atoms with van der Waals surface area (Å²) in [6, 6.07) is 33.7. The highest BCUT2D eigenvalue weighted by Crippen LogP contribution is 2.63. The first-order valence-corrected chi connectivity index (χ1v) is 13.9. The van der Waals surface area contributed by atoms with Gasteiger partial charge >= 0.3 is 0 Å². The molecule has 8 nitrogen and oxygen atoms in total. The molecule has 0 radical (unpaired) electrons. The molecule has 0 spiro atoms. The van der Waals surface area contributed by atoms with Gasteiger partial charge in [-0.1, -0.05) is 96.9 Å². The number of fused-ring (bicyclic) bond motifs is 2. The lowest BCUT2D eigenvalue weighted by atomic mass is 9.89. The molecule has 0 amide bonds. The molecule has 0 bridgehead atoms. The fourth-order valence-electron chi connectivity index (χ4n) is 5.97. The normalized spacial score (nSPS) is 26.1. The molecule has 7 rings (SSSR count). The third-order valence-electron chi connectivity index (χ3n) is 8.09. The Labute approximate surface area is 244 Å². The molecule has 2 fully saturated rings. The number of rotatable bonds is 10. The molecule has 5 atom stereocenters. The van der Waals surface area contributed by atoms with Crippen molar-refractivity contribution in [1.82, 2.24) is 14.6 Å². The van der Waals surface area contributed by atoms with Crippen LogP contribution in [0.3, 0.4) is 0 Å². The van der Waals surface area contributed by atoms with Crippen LogP contribution in [0.25, 0.3) is 5.52 Å². The maximum absolute atomic E-state index is 6.83. The summed E-state index contributed by atoms with van der Waals surface area (Å²) in [5.41, 5.74) is 8.17. The summed E-state index contributed by atoms with van der Waals surface area (Å²) in [4.78, 5) is 4.13. The van der Waals surface area contributed by atoms with Crippen molar-refractivity contribution in [3.05, 3.63) is 132 Å². The molecule has 1 saturated carbocycles. The van der Waals surface area contributed by atoms with E-state index in [4.69, 9.17) is 31.1 Å². The number of terminal acetylenes is 1. The molecule has 1 saturated heterocycles. The van der Waals surface area contributed by atoms with E-state index in [1.807, 2.05) is 103 Å². The average molecular weight is 559 g/mol. The number of nitrogens with two attached hydrogens (primary N) is 1. The van der Waals surface area contributed by atoms with Crippen molar-refractivity contribution in [3.63, 3.8) is 0 Å². The zero-order valence-corrected chi connectivity index (χ0v) is 22.9. The van der Waals surface area contributed by atoms with Gasteiger partial charge < -0.3 is 24.7 Å². The molecule has 210 valence electrons. The minimum atomic E-state index is -1.34. The van der Waals surface area contributed by atoms with Crippen LogP contribution in [0.15, 0.2) is 109 Å². The van der Waals surface area contributed by atoms with Crippen LogP contribution in [0.4, 0.5) is 5.82 Å². The number of anilines is 1. The zero-order valence-electron chi connectivity index (χ0n) is 22.9. The zero-order chi connectivity index (χ0) is 28.6. The highest BCUT2D eigenvalue weighted by Gasteiger charge is 2.84. The van der Waals surface area contributed by atoms with Crippen molar-refractivity contribution in [2.45, 2.75) is 49.3 Å². The summed E-state index contributed by atoms with van der Waals surface area (Å²) in [6.07, 6.45) is 6.15. The predicted octanol–water partition coefficient (Wildman–Crippen LogP) is 4.68. The number of ether oxygens (including phenoxy) is 4. The summed E-state index contributed by atoms with van der Waals surface area (Å²) in [5.74, 6) is 3.29. The highest BCUT2D eigenvalue weighted by molar-refractivity contribution is 5.66. The van der Waals surface area contributed by atoms with E-state index >= 15 is 0 Å². The Hall–Kier alpha value is -4.52. The quantitative estimate of drug-likeness (QED) is 0.249. The number of aromatic nitrogens is 3. The van der Waals surface area contributed by atoms with Gasteiger partial charge in [0, 0.05) is 0 Å². The van der Waals surface area contributed by atoms with Gasteiger partial charge in [-0.05, 0) is 28.8 Å². The van der Waals surface area contributed by atoms with Gasteiger partial charge in [-0.3, -0.25) is 0 Å². The Morgan fingerprint density at radius 3 is 2.02 bits per heavy atom. The Balaban J connectivity index is 1.30.